The zero-order valence-electron chi connectivity index (χ0n) is 14.3. The number of carbonyl (C=O) groups excluding carboxylic acids is 1. The molecule has 25 heavy (non-hydrogen) atoms. The van der Waals surface area contributed by atoms with E-state index in [1.807, 2.05) is 24.3 Å². The highest BCUT2D eigenvalue weighted by molar-refractivity contribution is 5.92. The molecule has 6 nitrogen and oxygen atoms in total. The number of aromatic amines is 1. The largest absolute Gasteiger partial charge is 0.387 e. The molecule has 2 N–H and O–H groups in total. The van der Waals surface area contributed by atoms with Gasteiger partial charge < -0.3 is 15.0 Å². The van der Waals surface area contributed by atoms with Crippen molar-refractivity contribution in [3.8, 4) is 6.07 Å². The number of nitrogens with one attached hydrogen (secondary N) is 1. The Bertz CT molecular complexity index is 780. The first kappa shape index (κ1) is 17.2. The van der Waals surface area contributed by atoms with E-state index < -0.39 is 5.60 Å². The topological polar surface area (TPSA) is 83.4 Å². The smallest absolute Gasteiger partial charge is 0.270 e. The number of aromatic nitrogens is 1. The molecule has 1 aromatic heterocycles. The molecule has 130 valence electrons. The number of nitriles is 1. The molecule has 1 saturated heterocycles. The Hall–Kier alpha value is -2.62. The third-order valence-corrected chi connectivity index (χ3v) is 4.58. The van der Waals surface area contributed by atoms with Gasteiger partial charge in [-0.05, 0) is 18.1 Å². The van der Waals surface area contributed by atoms with Gasteiger partial charge in [-0.2, -0.15) is 5.26 Å². The first-order valence-corrected chi connectivity index (χ1v) is 8.32. The molecule has 2 heterocycles. The second-order valence-electron chi connectivity index (χ2n) is 6.75. The number of likely N-dealkylation sites (N-methyl/N-ethyl adjacent to an activating group) is 1. The molecule has 0 radical (unpaired) electrons. The minimum Gasteiger partial charge on any atom is -0.387 e. The van der Waals surface area contributed by atoms with Crippen LogP contribution in [0.3, 0.4) is 0 Å². The van der Waals surface area contributed by atoms with Gasteiger partial charge in [0.05, 0.1) is 17.7 Å². The predicted molar refractivity (Wildman–Crippen MR) is 93.8 cm³/mol. The highest BCUT2D eigenvalue weighted by Crippen LogP contribution is 2.24. The lowest BCUT2D eigenvalue weighted by atomic mass is 10.0. The Morgan fingerprint density at radius 3 is 2.88 bits per heavy atom. The molecule has 6 heteroatoms. The van der Waals surface area contributed by atoms with Gasteiger partial charge in [0.25, 0.3) is 5.91 Å². The molecule has 1 unspecified atom stereocenters. The van der Waals surface area contributed by atoms with Crippen LogP contribution in [0.15, 0.2) is 42.6 Å². The van der Waals surface area contributed by atoms with Crippen molar-refractivity contribution in [3.63, 3.8) is 0 Å². The second kappa shape index (κ2) is 7.09. The van der Waals surface area contributed by atoms with Crippen LogP contribution in [0.1, 0.15) is 28.0 Å². The molecular weight excluding hydrogens is 316 g/mol. The van der Waals surface area contributed by atoms with Crippen LogP contribution in [0, 0.1) is 11.3 Å². The molecule has 1 aliphatic rings. The third kappa shape index (κ3) is 4.08. The summed E-state index contributed by atoms with van der Waals surface area (Å²) >= 11 is 0. The number of carbonyl (C=O) groups is 1. The molecule has 0 bridgehead atoms. The number of likely N-dealkylation sites (tertiary alicyclic amines) is 1. The van der Waals surface area contributed by atoms with Gasteiger partial charge in [0.15, 0.2) is 0 Å². The predicted octanol–water partition coefficient (Wildman–Crippen LogP) is 1.60. The standard InChI is InChI=1S/C19H22N4O2/c1-22(18(24)17-9-16(10-20)11-21-17)13-19(25)7-8-23(14-19)12-15-5-3-2-4-6-15/h2-6,9,11,21,25H,7-8,12-14H2,1H3. The summed E-state index contributed by atoms with van der Waals surface area (Å²) in [5.41, 5.74) is 1.09. The number of nitrogens with zero attached hydrogens (tertiary/aromatic N) is 3. The summed E-state index contributed by atoms with van der Waals surface area (Å²) in [6.45, 7) is 2.39. The summed E-state index contributed by atoms with van der Waals surface area (Å²) in [5, 5.41) is 19.7. The van der Waals surface area contributed by atoms with Crippen LogP contribution in [0.5, 0.6) is 0 Å². The maximum Gasteiger partial charge on any atom is 0.270 e. The Morgan fingerprint density at radius 1 is 1.44 bits per heavy atom. The van der Waals surface area contributed by atoms with Crippen molar-refractivity contribution in [2.45, 2.75) is 18.6 Å². The molecule has 1 aliphatic heterocycles. The molecule has 0 aliphatic carbocycles. The van der Waals surface area contributed by atoms with Crippen LogP contribution in [-0.2, 0) is 6.54 Å². The van der Waals surface area contributed by atoms with Gasteiger partial charge in [0.1, 0.15) is 11.8 Å². The van der Waals surface area contributed by atoms with Crippen molar-refractivity contribution in [2.75, 3.05) is 26.7 Å². The van der Waals surface area contributed by atoms with Gasteiger partial charge in [-0.3, -0.25) is 9.69 Å². The van der Waals surface area contributed by atoms with E-state index in [4.69, 9.17) is 5.26 Å². The number of β-amino-alcohol motifs (C(OH)–C–C–N with tert-alkyl or cyclic N) is 1. The lowest BCUT2D eigenvalue weighted by Crippen LogP contribution is -2.45. The van der Waals surface area contributed by atoms with Crippen molar-refractivity contribution < 1.29 is 9.90 Å². The summed E-state index contributed by atoms with van der Waals surface area (Å²) in [4.78, 5) is 19.0. The van der Waals surface area contributed by atoms with Crippen LogP contribution in [0.25, 0.3) is 0 Å². The molecule has 0 spiro atoms. The van der Waals surface area contributed by atoms with E-state index in [1.165, 1.54) is 22.7 Å². The average molecular weight is 338 g/mol. The van der Waals surface area contributed by atoms with Gasteiger partial charge in [0.2, 0.25) is 0 Å². The minimum atomic E-state index is -0.913. The van der Waals surface area contributed by atoms with Crippen LogP contribution in [-0.4, -0.2) is 58.1 Å². The summed E-state index contributed by atoms with van der Waals surface area (Å²) in [5.74, 6) is -0.226. The molecule has 3 rings (SSSR count). The molecule has 1 atom stereocenters. The van der Waals surface area contributed by atoms with E-state index in [1.54, 1.807) is 7.05 Å². The van der Waals surface area contributed by atoms with E-state index in [-0.39, 0.29) is 12.5 Å². The number of benzene rings is 1. The zero-order valence-corrected chi connectivity index (χ0v) is 14.3. The first-order valence-electron chi connectivity index (χ1n) is 8.32. The van der Waals surface area contributed by atoms with Gasteiger partial charge in [-0.25, -0.2) is 0 Å². The van der Waals surface area contributed by atoms with E-state index in [0.717, 1.165) is 13.1 Å². The average Bonchev–Trinajstić information content (AvgIpc) is 3.22. The Morgan fingerprint density at radius 2 is 2.20 bits per heavy atom. The van der Waals surface area contributed by atoms with Gasteiger partial charge >= 0.3 is 0 Å². The van der Waals surface area contributed by atoms with E-state index >= 15 is 0 Å². The van der Waals surface area contributed by atoms with E-state index in [0.29, 0.717) is 24.2 Å². The SMILES string of the molecule is CN(CC1(O)CCN(Cc2ccccc2)C1)C(=O)c1cc(C#N)c[nH]1. The Labute approximate surface area is 147 Å². The molecule has 0 saturated carbocycles. The van der Waals surface area contributed by atoms with Gasteiger partial charge in [-0.1, -0.05) is 30.3 Å². The number of aliphatic hydroxyl groups is 1. The van der Waals surface area contributed by atoms with Crippen LogP contribution in [0.2, 0.25) is 0 Å². The number of amides is 1. The van der Waals surface area contributed by atoms with Crippen molar-refractivity contribution in [3.05, 3.63) is 59.4 Å². The summed E-state index contributed by atoms with van der Waals surface area (Å²) < 4.78 is 0. The van der Waals surface area contributed by atoms with Crippen molar-refractivity contribution in [2.24, 2.45) is 0 Å². The quantitative estimate of drug-likeness (QED) is 0.867. The van der Waals surface area contributed by atoms with Crippen molar-refractivity contribution >= 4 is 5.91 Å². The number of hydrogen-bond donors (Lipinski definition) is 2. The monoisotopic (exact) mass is 338 g/mol. The first-order chi connectivity index (χ1) is 12.0. The fourth-order valence-corrected chi connectivity index (χ4v) is 3.35. The Balaban J connectivity index is 1.58. The van der Waals surface area contributed by atoms with E-state index in [9.17, 15) is 9.90 Å². The normalized spacial score (nSPS) is 20.4. The highest BCUT2D eigenvalue weighted by atomic mass is 16.3. The molecule has 1 aromatic carbocycles. The fraction of sp³-hybridized carbons (Fsp3) is 0.368. The van der Waals surface area contributed by atoms with E-state index in [2.05, 4.69) is 22.0 Å². The number of rotatable bonds is 5. The molecular formula is C19H22N4O2. The van der Waals surface area contributed by atoms with Gasteiger partial charge in [-0.15, -0.1) is 0 Å². The van der Waals surface area contributed by atoms with Crippen LogP contribution >= 0.6 is 0 Å². The Kier molecular flexibility index (Phi) is 4.88. The number of H-pyrrole nitrogens is 1. The summed E-state index contributed by atoms with van der Waals surface area (Å²) in [7, 11) is 1.67. The van der Waals surface area contributed by atoms with Gasteiger partial charge in [0, 0.05) is 32.9 Å². The lowest BCUT2D eigenvalue weighted by molar-refractivity contribution is 0.0168. The minimum absolute atomic E-state index is 0.226. The van der Waals surface area contributed by atoms with Crippen LogP contribution in [0.4, 0.5) is 0 Å². The maximum atomic E-state index is 12.4. The second-order valence-corrected chi connectivity index (χ2v) is 6.75. The third-order valence-electron chi connectivity index (χ3n) is 4.58. The molecule has 2 aromatic rings. The maximum absolute atomic E-state index is 12.4. The zero-order chi connectivity index (χ0) is 17.9. The fourth-order valence-electron chi connectivity index (χ4n) is 3.35. The summed E-state index contributed by atoms with van der Waals surface area (Å²) in [6, 6.07) is 13.7. The van der Waals surface area contributed by atoms with Crippen molar-refractivity contribution in [1.82, 2.24) is 14.8 Å². The molecule has 1 fully saturated rings. The lowest BCUT2D eigenvalue weighted by Gasteiger charge is -2.29. The van der Waals surface area contributed by atoms with Crippen LogP contribution < -0.4 is 0 Å². The van der Waals surface area contributed by atoms with Crippen molar-refractivity contribution in [1.29, 1.82) is 5.26 Å². The summed E-state index contributed by atoms with van der Waals surface area (Å²) in [6.07, 6.45) is 2.14. The number of hydrogen-bond acceptors (Lipinski definition) is 4. The highest BCUT2D eigenvalue weighted by Gasteiger charge is 2.38. The molecule has 1 amide bonds.